The molecule has 1 aromatic heterocycles. The Balaban J connectivity index is 2.71. The molecule has 1 rings (SSSR count). The highest BCUT2D eigenvalue weighted by atomic mass is 79.9. The van der Waals surface area contributed by atoms with E-state index < -0.39 is 0 Å². The molecule has 0 saturated carbocycles. The van der Waals surface area contributed by atoms with Crippen molar-refractivity contribution in [1.82, 2.24) is 4.98 Å². The predicted octanol–water partition coefficient (Wildman–Crippen LogP) is 1.73. The van der Waals surface area contributed by atoms with E-state index in [4.69, 9.17) is 5.73 Å². The lowest BCUT2D eigenvalue weighted by Crippen LogP contribution is -2.18. The number of halogens is 1. The Bertz CT molecular complexity index is 235. The van der Waals surface area contributed by atoms with Crippen molar-refractivity contribution in [3.8, 4) is 0 Å². The van der Waals surface area contributed by atoms with E-state index in [2.05, 4.69) is 20.9 Å². The number of rotatable bonds is 2. The van der Waals surface area contributed by atoms with Crippen LogP contribution in [0.1, 0.15) is 12.6 Å². The first-order valence-corrected chi connectivity index (χ1v) is 4.35. The number of hydrogen-bond donors (Lipinski definition) is 1. The van der Waals surface area contributed by atoms with Crippen molar-refractivity contribution in [3.63, 3.8) is 0 Å². The van der Waals surface area contributed by atoms with Crippen LogP contribution in [-0.4, -0.2) is 11.0 Å². The largest absolute Gasteiger partial charge is 0.328 e. The summed E-state index contributed by atoms with van der Waals surface area (Å²) in [5.74, 6) is 0. The number of pyridine rings is 1. The van der Waals surface area contributed by atoms with Crippen molar-refractivity contribution >= 4 is 15.9 Å². The van der Waals surface area contributed by atoms with Gasteiger partial charge in [0.2, 0.25) is 0 Å². The van der Waals surface area contributed by atoms with Crippen molar-refractivity contribution < 1.29 is 0 Å². The van der Waals surface area contributed by atoms with Crippen LogP contribution in [0.5, 0.6) is 0 Å². The number of nitrogens with zero attached hydrogens (tertiary/aromatic N) is 1. The molecule has 1 heterocycles. The normalized spacial score (nSPS) is 13.0. The highest BCUT2D eigenvalue weighted by molar-refractivity contribution is 9.10. The third-order valence-corrected chi connectivity index (χ3v) is 1.75. The Morgan fingerprint density at radius 1 is 1.64 bits per heavy atom. The van der Waals surface area contributed by atoms with Gasteiger partial charge in [0.1, 0.15) is 4.60 Å². The molecule has 0 aromatic carbocycles. The third kappa shape index (κ3) is 2.99. The van der Waals surface area contributed by atoms with Crippen molar-refractivity contribution in [2.75, 3.05) is 0 Å². The summed E-state index contributed by atoms with van der Waals surface area (Å²) in [4.78, 5) is 4.25. The molecule has 0 amide bonds. The van der Waals surface area contributed by atoms with Crippen LogP contribution >= 0.6 is 15.9 Å². The molecule has 0 radical (unpaired) electrons. The molecule has 0 aliphatic rings. The van der Waals surface area contributed by atoms with Gasteiger partial charge in [-0.3, -0.25) is 0 Å². The lowest BCUT2D eigenvalue weighted by atomic mass is 10.2. The molecular formula is C8H11BrN2. The maximum absolute atomic E-state index is 5.62. The summed E-state index contributed by atoms with van der Waals surface area (Å²) in [7, 11) is 0. The summed E-state index contributed by atoms with van der Waals surface area (Å²) in [5, 5.41) is 0. The fraction of sp³-hybridized carbons (Fsp3) is 0.375. The van der Waals surface area contributed by atoms with E-state index in [0.717, 1.165) is 16.7 Å². The van der Waals surface area contributed by atoms with Gasteiger partial charge in [-0.2, -0.15) is 0 Å². The van der Waals surface area contributed by atoms with Gasteiger partial charge in [0.05, 0.1) is 0 Å². The van der Waals surface area contributed by atoms with Crippen LogP contribution in [0.3, 0.4) is 0 Å². The second-order valence-corrected chi connectivity index (χ2v) is 3.45. The second-order valence-electron chi connectivity index (χ2n) is 2.63. The number of aromatic nitrogens is 1. The van der Waals surface area contributed by atoms with Crippen LogP contribution in [0.25, 0.3) is 0 Å². The van der Waals surface area contributed by atoms with Crippen LogP contribution in [0.15, 0.2) is 22.8 Å². The minimum Gasteiger partial charge on any atom is -0.328 e. The summed E-state index contributed by atoms with van der Waals surface area (Å²) in [6.07, 6.45) is 0.833. The molecular weight excluding hydrogens is 204 g/mol. The maximum Gasteiger partial charge on any atom is 0.106 e. The highest BCUT2D eigenvalue weighted by Gasteiger charge is 1.98. The van der Waals surface area contributed by atoms with Crippen LogP contribution in [0.4, 0.5) is 0 Å². The zero-order chi connectivity index (χ0) is 8.27. The summed E-state index contributed by atoms with van der Waals surface area (Å²) in [6.45, 7) is 1.97. The summed E-state index contributed by atoms with van der Waals surface area (Å²) >= 11 is 3.30. The van der Waals surface area contributed by atoms with E-state index in [1.165, 1.54) is 0 Å². The van der Waals surface area contributed by atoms with Gasteiger partial charge in [-0.15, -0.1) is 0 Å². The van der Waals surface area contributed by atoms with Crippen LogP contribution in [-0.2, 0) is 6.42 Å². The molecule has 2 nitrogen and oxygen atoms in total. The third-order valence-electron chi connectivity index (χ3n) is 1.30. The summed E-state index contributed by atoms with van der Waals surface area (Å²) in [5.41, 5.74) is 6.66. The Morgan fingerprint density at radius 2 is 2.36 bits per heavy atom. The molecule has 0 saturated heterocycles. The Morgan fingerprint density at radius 3 is 2.91 bits per heavy atom. The first kappa shape index (κ1) is 8.68. The minimum absolute atomic E-state index is 0.178. The lowest BCUT2D eigenvalue weighted by molar-refractivity contribution is 0.721. The van der Waals surface area contributed by atoms with Crippen molar-refractivity contribution in [2.45, 2.75) is 19.4 Å². The highest BCUT2D eigenvalue weighted by Crippen LogP contribution is 2.07. The monoisotopic (exact) mass is 214 g/mol. The van der Waals surface area contributed by atoms with Crippen molar-refractivity contribution in [2.24, 2.45) is 5.73 Å². The Kier molecular flexibility index (Phi) is 3.02. The topological polar surface area (TPSA) is 38.9 Å². The Labute approximate surface area is 75.0 Å². The van der Waals surface area contributed by atoms with E-state index in [9.17, 15) is 0 Å². The molecule has 0 spiro atoms. The smallest absolute Gasteiger partial charge is 0.106 e. The number of nitrogens with two attached hydrogens (primary N) is 1. The first-order chi connectivity index (χ1) is 5.18. The second kappa shape index (κ2) is 3.83. The predicted molar refractivity (Wildman–Crippen MR) is 49.3 cm³/mol. The van der Waals surface area contributed by atoms with Crippen molar-refractivity contribution in [3.05, 3.63) is 28.5 Å². The van der Waals surface area contributed by atoms with Gasteiger partial charge in [-0.1, -0.05) is 6.07 Å². The van der Waals surface area contributed by atoms with Gasteiger partial charge in [0.25, 0.3) is 0 Å². The molecule has 11 heavy (non-hydrogen) atoms. The summed E-state index contributed by atoms with van der Waals surface area (Å²) in [6, 6.07) is 6.03. The van der Waals surface area contributed by atoms with Crippen molar-refractivity contribution in [1.29, 1.82) is 0 Å². The molecule has 0 fully saturated rings. The van der Waals surface area contributed by atoms with Gasteiger partial charge in [-0.25, -0.2) is 4.98 Å². The lowest BCUT2D eigenvalue weighted by Gasteiger charge is -2.03. The maximum atomic E-state index is 5.62. The Hall–Kier alpha value is -0.410. The van der Waals surface area contributed by atoms with E-state index in [1.54, 1.807) is 0 Å². The number of hydrogen-bond acceptors (Lipinski definition) is 2. The zero-order valence-electron chi connectivity index (χ0n) is 6.42. The molecule has 0 aliphatic heterocycles. The van der Waals surface area contributed by atoms with Crippen LogP contribution in [0.2, 0.25) is 0 Å². The quantitative estimate of drug-likeness (QED) is 0.763. The molecule has 60 valence electrons. The molecule has 1 atom stereocenters. The average Bonchev–Trinajstić information content (AvgIpc) is 1.85. The molecule has 3 heteroatoms. The zero-order valence-corrected chi connectivity index (χ0v) is 8.01. The van der Waals surface area contributed by atoms with E-state index in [-0.39, 0.29) is 6.04 Å². The molecule has 0 unspecified atom stereocenters. The van der Waals surface area contributed by atoms with Crippen LogP contribution < -0.4 is 5.73 Å². The standard InChI is InChI=1S/C8H11BrN2/c1-6(10)5-7-3-2-4-8(9)11-7/h2-4,6H,5,10H2,1H3/t6-/m1/s1. The fourth-order valence-electron chi connectivity index (χ4n) is 0.894. The van der Waals surface area contributed by atoms with Gasteiger partial charge < -0.3 is 5.73 Å². The molecule has 0 bridgehead atoms. The molecule has 0 aliphatic carbocycles. The first-order valence-electron chi connectivity index (χ1n) is 3.55. The van der Waals surface area contributed by atoms with Gasteiger partial charge >= 0.3 is 0 Å². The minimum atomic E-state index is 0.178. The molecule has 2 N–H and O–H groups in total. The van der Waals surface area contributed by atoms with Gasteiger partial charge in [-0.05, 0) is 35.0 Å². The molecule has 1 aromatic rings. The van der Waals surface area contributed by atoms with E-state index >= 15 is 0 Å². The van der Waals surface area contributed by atoms with Crippen LogP contribution in [0, 0.1) is 0 Å². The SMILES string of the molecule is C[C@@H](N)Cc1cccc(Br)n1. The summed E-state index contributed by atoms with van der Waals surface area (Å²) < 4.78 is 0.871. The van der Waals surface area contributed by atoms with Gasteiger partial charge in [0.15, 0.2) is 0 Å². The average molecular weight is 215 g/mol. The van der Waals surface area contributed by atoms with Gasteiger partial charge in [0, 0.05) is 18.2 Å². The van der Waals surface area contributed by atoms with E-state index in [1.807, 2.05) is 25.1 Å². The fourth-order valence-corrected chi connectivity index (χ4v) is 1.27. The van der Waals surface area contributed by atoms with E-state index in [0.29, 0.717) is 0 Å².